The van der Waals surface area contributed by atoms with Gasteiger partial charge in [0.05, 0.1) is 43.4 Å². The van der Waals surface area contributed by atoms with E-state index in [1.807, 2.05) is 53.9 Å². The number of rotatable bonds is 8. The van der Waals surface area contributed by atoms with Gasteiger partial charge in [-0.25, -0.2) is 13.4 Å². The minimum Gasteiger partial charge on any atom is -0.493 e. The monoisotopic (exact) mass is 486 g/mol. The quantitative estimate of drug-likeness (QED) is 0.484. The van der Waals surface area contributed by atoms with E-state index in [1.54, 1.807) is 19.1 Å². The maximum absolute atomic E-state index is 13.3. The van der Waals surface area contributed by atoms with E-state index in [4.69, 9.17) is 9.47 Å². The summed E-state index contributed by atoms with van der Waals surface area (Å²) in [4.78, 5) is 19.7. The molecule has 2 aromatic carbocycles. The third-order valence-electron chi connectivity index (χ3n) is 5.68. The fourth-order valence-corrected chi connectivity index (χ4v) is 6.62. The number of benzene rings is 2. The van der Waals surface area contributed by atoms with Crippen LogP contribution in [-0.4, -0.2) is 56.0 Å². The van der Waals surface area contributed by atoms with Gasteiger partial charge in [0.25, 0.3) is 0 Å². The number of hydrogen-bond donors (Lipinski definition) is 0. The Bertz CT molecular complexity index is 1220. The van der Waals surface area contributed by atoms with Crippen molar-refractivity contribution in [2.24, 2.45) is 0 Å². The van der Waals surface area contributed by atoms with Crippen LogP contribution in [0.15, 0.2) is 53.9 Å². The van der Waals surface area contributed by atoms with Crippen LogP contribution in [0.1, 0.15) is 17.7 Å². The smallest absolute Gasteiger partial charge is 0.229 e. The van der Waals surface area contributed by atoms with Gasteiger partial charge in [0, 0.05) is 18.0 Å². The van der Waals surface area contributed by atoms with Crippen molar-refractivity contribution in [2.45, 2.75) is 25.4 Å². The van der Waals surface area contributed by atoms with E-state index in [-0.39, 0.29) is 29.9 Å². The number of carbonyl (C=O) groups excluding carboxylic acids is 1. The Morgan fingerprint density at radius 1 is 1.12 bits per heavy atom. The van der Waals surface area contributed by atoms with Crippen molar-refractivity contribution in [3.63, 3.8) is 0 Å². The summed E-state index contributed by atoms with van der Waals surface area (Å²) in [6.07, 6.45) is 0.566. The molecule has 1 aromatic heterocycles. The standard InChI is InChI=1S/C24H26N2O5S2/c1-30-21-10-6-9-20(23(21)31-2)24-25-18(15-32-24)13-22(27)26(14-17-7-4-3-5-8-17)19-11-12-33(28,29)16-19/h3-10,15,19H,11-14,16H2,1-2H3/t19-/m0/s1. The molecule has 0 bridgehead atoms. The summed E-state index contributed by atoms with van der Waals surface area (Å²) >= 11 is 1.43. The maximum atomic E-state index is 13.3. The van der Waals surface area contributed by atoms with Gasteiger partial charge in [-0.2, -0.15) is 0 Å². The van der Waals surface area contributed by atoms with Gasteiger partial charge in [-0.1, -0.05) is 36.4 Å². The fourth-order valence-electron chi connectivity index (χ4n) is 4.05. The molecule has 0 aliphatic carbocycles. The molecule has 3 aromatic rings. The van der Waals surface area contributed by atoms with E-state index in [0.717, 1.165) is 16.1 Å². The van der Waals surface area contributed by atoms with Gasteiger partial charge in [-0.3, -0.25) is 4.79 Å². The van der Waals surface area contributed by atoms with Gasteiger partial charge in [-0.15, -0.1) is 11.3 Å². The first-order chi connectivity index (χ1) is 15.9. The zero-order valence-electron chi connectivity index (χ0n) is 18.6. The van der Waals surface area contributed by atoms with Crippen molar-refractivity contribution in [1.82, 2.24) is 9.88 Å². The molecule has 0 radical (unpaired) electrons. The number of methoxy groups -OCH3 is 2. The minimum atomic E-state index is -3.12. The molecule has 1 atom stereocenters. The minimum absolute atomic E-state index is 0.00883. The number of nitrogens with zero attached hydrogens (tertiary/aromatic N) is 2. The molecule has 4 rings (SSSR count). The van der Waals surface area contributed by atoms with Crippen LogP contribution in [0.5, 0.6) is 11.5 Å². The second-order valence-corrected chi connectivity index (χ2v) is 11.0. The predicted molar refractivity (Wildman–Crippen MR) is 128 cm³/mol. The van der Waals surface area contributed by atoms with Crippen LogP contribution in [-0.2, 0) is 27.6 Å². The molecule has 9 heteroatoms. The number of amides is 1. The molecule has 33 heavy (non-hydrogen) atoms. The molecule has 0 saturated carbocycles. The molecular weight excluding hydrogens is 460 g/mol. The van der Waals surface area contributed by atoms with Crippen molar-refractivity contribution in [3.05, 3.63) is 65.2 Å². The van der Waals surface area contributed by atoms with Crippen molar-refractivity contribution in [2.75, 3.05) is 25.7 Å². The lowest BCUT2D eigenvalue weighted by molar-refractivity contribution is -0.133. The van der Waals surface area contributed by atoms with E-state index >= 15 is 0 Å². The Balaban J connectivity index is 1.56. The fraction of sp³-hybridized carbons (Fsp3) is 0.333. The molecule has 1 saturated heterocycles. The lowest BCUT2D eigenvalue weighted by Crippen LogP contribution is -2.41. The van der Waals surface area contributed by atoms with Crippen LogP contribution >= 0.6 is 11.3 Å². The summed E-state index contributed by atoms with van der Waals surface area (Å²) in [5, 5.41) is 2.59. The Labute approximate surface area is 197 Å². The van der Waals surface area contributed by atoms with Crippen LogP contribution in [0.3, 0.4) is 0 Å². The van der Waals surface area contributed by atoms with E-state index < -0.39 is 9.84 Å². The van der Waals surface area contributed by atoms with E-state index in [0.29, 0.717) is 30.2 Å². The number of para-hydroxylation sites is 1. The van der Waals surface area contributed by atoms with Crippen molar-refractivity contribution in [1.29, 1.82) is 0 Å². The molecule has 7 nitrogen and oxygen atoms in total. The van der Waals surface area contributed by atoms with Crippen LogP contribution < -0.4 is 9.47 Å². The average Bonchev–Trinajstić information content (AvgIpc) is 3.43. The molecule has 0 unspecified atom stereocenters. The lowest BCUT2D eigenvalue weighted by atomic mass is 10.1. The first-order valence-corrected chi connectivity index (χ1v) is 13.3. The molecule has 2 heterocycles. The molecule has 174 valence electrons. The summed E-state index contributed by atoms with van der Waals surface area (Å²) in [5.41, 5.74) is 2.41. The maximum Gasteiger partial charge on any atom is 0.229 e. The van der Waals surface area contributed by atoms with Crippen molar-refractivity contribution < 1.29 is 22.7 Å². The van der Waals surface area contributed by atoms with E-state index in [2.05, 4.69) is 4.98 Å². The largest absolute Gasteiger partial charge is 0.493 e. The SMILES string of the molecule is COc1cccc(-c2nc(CC(=O)N(Cc3ccccc3)[C@H]3CCS(=O)(=O)C3)cs2)c1OC. The summed E-state index contributed by atoms with van der Waals surface area (Å²) in [6, 6.07) is 14.9. The van der Waals surface area contributed by atoms with Crippen LogP contribution in [0.4, 0.5) is 0 Å². The first kappa shape index (κ1) is 23.3. The number of aromatic nitrogens is 1. The third kappa shape index (κ3) is 5.36. The summed E-state index contributed by atoms with van der Waals surface area (Å²) < 4.78 is 35.0. The highest BCUT2D eigenvalue weighted by Crippen LogP contribution is 2.39. The molecule has 1 fully saturated rings. The van der Waals surface area contributed by atoms with Crippen LogP contribution in [0, 0.1) is 0 Å². The molecule has 1 aliphatic rings. The Kier molecular flexibility index (Phi) is 6.99. The van der Waals surface area contributed by atoms with Crippen molar-refractivity contribution >= 4 is 27.1 Å². The molecule has 1 aliphatic heterocycles. The van der Waals surface area contributed by atoms with Gasteiger partial charge in [0.1, 0.15) is 5.01 Å². The van der Waals surface area contributed by atoms with Gasteiger partial charge in [0.15, 0.2) is 21.3 Å². The first-order valence-electron chi connectivity index (χ1n) is 10.6. The topological polar surface area (TPSA) is 85.8 Å². The Morgan fingerprint density at radius 3 is 2.58 bits per heavy atom. The summed E-state index contributed by atoms with van der Waals surface area (Å²) in [5.74, 6) is 1.20. The van der Waals surface area contributed by atoms with E-state index in [1.165, 1.54) is 11.3 Å². The zero-order chi connectivity index (χ0) is 23.4. The second kappa shape index (κ2) is 9.93. The van der Waals surface area contributed by atoms with Gasteiger partial charge in [-0.05, 0) is 24.1 Å². The third-order valence-corrected chi connectivity index (χ3v) is 8.36. The normalized spacial score (nSPS) is 17.0. The van der Waals surface area contributed by atoms with Crippen molar-refractivity contribution in [3.8, 4) is 22.1 Å². The molecule has 0 N–H and O–H groups in total. The number of thiazole rings is 1. The summed E-state index contributed by atoms with van der Waals surface area (Å²) in [7, 11) is 0.0427. The zero-order valence-corrected chi connectivity index (χ0v) is 20.2. The Morgan fingerprint density at radius 2 is 1.91 bits per heavy atom. The number of carbonyl (C=O) groups is 1. The highest BCUT2D eigenvalue weighted by Gasteiger charge is 2.34. The van der Waals surface area contributed by atoms with Crippen LogP contribution in [0.2, 0.25) is 0 Å². The molecule has 1 amide bonds. The van der Waals surface area contributed by atoms with Crippen LogP contribution in [0.25, 0.3) is 10.6 Å². The molecular formula is C24H26N2O5S2. The number of ether oxygens (including phenoxy) is 2. The Hall–Kier alpha value is -2.91. The van der Waals surface area contributed by atoms with Gasteiger partial charge in [0.2, 0.25) is 5.91 Å². The second-order valence-electron chi connectivity index (χ2n) is 7.93. The highest BCUT2D eigenvalue weighted by atomic mass is 32.2. The number of hydrogen-bond acceptors (Lipinski definition) is 7. The van der Waals surface area contributed by atoms with Gasteiger partial charge >= 0.3 is 0 Å². The lowest BCUT2D eigenvalue weighted by Gasteiger charge is -2.28. The highest BCUT2D eigenvalue weighted by molar-refractivity contribution is 7.91. The van der Waals surface area contributed by atoms with E-state index in [9.17, 15) is 13.2 Å². The van der Waals surface area contributed by atoms with Gasteiger partial charge < -0.3 is 14.4 Å². The molecule has 0 spiro atoms. The number of sulfone groups is 1. The average molecular weight is 487 g/mol. The predicted octanol–water partition coefficient (Wildman–Crippen LogP) is 3.59. The summed E-state index contributed by atoms with van der Waals surface area (Å²) in [6.45, 7) is 0.376.